The Morgan fingerprint density at radius 3 is 1.94 bits per heavy atom. The second-order valence-electron chi connectivity index (χ2n) is 3.80. The molecular formula is C16H29N. The fourth-order valence-corrected chi connectivity index (χ4v) is 0.868. The van der Waals surface area contributed by atoms with Gasteiger partial charge in [-0.3, -0.25) is 0 Å². The molecule has 0 amide bonds. The zero-order valence-corrected chi connectivity index (χ0v) is 12.1. The smallest absolute Gasteiger partial charge is 0.00799 e. The second-order valence-corrected chi connectivity index (χ2v) is 3.80. The van der Waals surface area contributed by atoms with Crippen molar-refractivity contribution < 1.29 is 0 Å². The molecule has 1 nitrogen and oxygen atoms in total. The minimum Gasteiger partial charge on any atom is -0.330 e. The maximum absolute atomic E-state index is 5.03. The Morgan fingerprint density at radius 2 is 1.59 bits per heavy atom. The Bertz CT molecular complexity index is 247. The summed E-state index contributed by atoms with van der Waals surface area (Å²) in [5.74, 6) is 0.634. The standard InChI is InChI=1S/C11H14.C3H9N.C2H6/c1-10(2)8-9-11-6-4-3-5-7-11;1-2-3-4;1-2/h3-10H,1-2H3;2-4H2,1H3;1-2H3/b9-8-;;. The lowest BCUT2D eigenvalue weighted by molar-refractivity contribution is 0.836. The molecule has 1 aromatic carbocycles. The van der Waals surface area contributed by atoms with E-state index in [2.05, 4.69) is 57.2 Å². The molecule has 1 aromatic rings. The van der Waals surface area contributed by atoms with Crippen molar-refractivity contribution in [3.05, 3.63) is 42.0 Å². The van der Waals surface area contributed by atoms with E-state index in [0.717, 1.165) is 13.0 Å². The first-order valence-electron chi connectivity index (χ1n) is 6.64. The molecule has 2 N–H and O–H groups in total. The zero-order chi connectivity index (χ0) is 13.5. The van der Waals surface area contributed by atoms with Crippen molar-refractivity contribution in [2.45, 2.75) is 41.0 Å². The summed E-state index contributed by atoms with van der Waals surface area (Å²) < 4.78 is 0. The van der Waals surface area contributed by atoms with Crippen LogP contribution in [0.2, 0.25) is 0 Å². The van der Waals surface area contributed by atoms with E-state index in [1.165, 1.54) is 5.56 Å². The third kappa shape index (κ3) is 14.9. The largest absolute Gasteiger partial charge is 0.330 e. The van der Waals surface area contributed by atoms with Crippen LogP contribution in [0.3, 0.4) is 0 Å². The molecule has 0 aliphatic heterocycles. The van der Waals surface area contributed by atoms with Gasteiger partial charge >= 0.3 is 0 Å². The number of benzene rings is 1. The van der Waals surface area contributed by atoms with E-state index < -0.39 is 0 Å². The monoisotopic (exact) mass is 235 g/mol. The Morgan fingerprint density at radius 1 is 1.12 bits per heavy atom. The van der Waals surface area contributed by atoms with Gasteiger partial charge in [0.15, 0.2) is 0 Å². The summed E-state index contributed by atoms with van der Waals surface area (Å²) in [5.41, 5.74) is 6.31. The highest BCUT2D eigenvalue weighted by Gasteiger charge is 1.84. The van der Waals surface area contributed by atoms with E-state index in [1.54, 1.807) is 0 Å². The van der Waals surface area contributed by atoms with Crippen molar-refractivity contribution in [2.75, 3.05) is 6.54 Å². The zero-order valence-electron chi connectivity index (χ0n) is 12.1. The minimum atomic E-state index is 0.634. The first kappa shape index (κ1) is 18.3. The van der Waals surface area contributed by atoms with Crippen LogP contribution >= 0.6 is 0 Å². The van der Waals surface area contributed by atoms with Crippen molar-refractivity contribution in [1.82, 2.24) is 0 Å². The molecule has 0 spiro atoms. The lowest BCUT2D eigenvalue weighted by atomic mass is 10.1. The number of allylic oxidation sites excluding steroid dienone is 1. The Labute approximate surface area is 108 Å². The van der Waals surface area contributed by atoms with Crippen LogP contribution in [0.15, 0.2) is 36.4 Å². The quantitative estimate of drug-likeness (QED) is 0.804. The molecule has 1 heteroatoms. The van der Waals surface area contributed by atoms with Crippen LogP contribution in [0.4, 0.5) is 0 Å². The Hall–Kier alpha value is -1.08. The molecule has 0 aliphatic carbocycles. The van der Waals surface area contributed by atoms with Crippen molar-refractivity contribution in [2.24, 2.45) is 11.7 Å². The second kappa shape index (κ2) is 14.9. The first-order valence-corrected chi connectivity index (χ1v) is 6.64. The van der Waals surface area contributed by atoms with Crippen LogP contribution in [0.5, 0.6) is 0 Å². The van der Waals surface area contributed by atoms with Gasteiger partial charge in [-0.15, -0.1) is 0 Å². The molecule has 0 aliphatic rings. The summed E-state index contributed by atoms with van der Waals surface area (Å²) in [6.07, 6.45) is 5.46. The fraction of sp³-hybridized carbons (Fsp3) is 0.500. The van der Waals surface area contributed by atoms with Crippen LogP contribution in [0, 0.1) is 5.92 Å². The highest BCUT2D eigenvalue weighted by atomic mass is 14.5. The molecule has 0 fully saturated rings. The number of hydrogen-bond acceptors (Lipinski definition) is 1. The lowest BCUT2D eigenvalue weighted by Gasteiger charge is -1.93. The average molecular weight is 235 g/mol. The Kier molecular flexibility index (Phi) is 16.1. The van der Waals surface area contributed by atoms with E-state index >= 15 is 0 Å². The van der Waals surface area contributed by atoms with Gasteiger partial charge in [-0.05, 0) is 24.4 Å². The van der Waals surface area contributed by atoms with E-state index in [9.17, 15) is 0 Å². The van der Waals surface area contributed by atoms with Gasteiger partial charge in [0.2, 0.25) is 0 Å². The molecule has 0 aromatic heterocycles. The predicted octanol–water partition coefficient (Wildman–Crippen LogP) is 4.74. The molecule has 17 heavy (non-hydrogen) atoms. The summed E-state index contributed by atoms with van der Waals surface area (Å²) in [6.45, 7) is 11.2. The van der Waals surface area contributed by atoms with Gasteiger partial charge in [-0.2, -0.15) is 0 Å². The van der Waals surface area contributed by atoms with Gasteiger partial charge in [-0.1, -0.05) is 77.1 Å². The highest BCUT2D eigenvalue weighted by Crippen LogP contribution is 2.03. The van der Waals surface area contributed by atoms with E-state index in [0.29, 0.717) is 5.92 Å². The molecular weight excluding hydrogens is 206 g/mol. The van der Waals surface area contributed by atoms with Gasteiger partial charge in [0.1, 0.15) is 0 Å². The number of nitrogens with two attached hydrogens (primary N) is 1. The summed E-state index contributed by atoms with van der Waals surface area (Å²) in [5, 5.41) is 0. The van der Waals surface area contributed by atoms with E-state index in [1.807, 2.05) is 19.9 Å². The van der Waals surface area contributed by atoms with Crippen molar-refractivity contribution >= 4 is 6.08 Å². The van der Waals surface area contributed by atoms with Gasteiger partial charge in [0, 0.05) is 0 Å². The fourth-order valence-electron chi connectivity index (χ4n) is 0.868. The molecule has 1 rings (SSSR count). The van der Waals surface area contributed by atoms with Crippen molar-refractivity contribution in [3.63, 3.8) is 0 Å². The highest BCUT2D eigenvalue weighted by molar-refractivity contribution is 5.48. The molecule has 0 radical (unpaired) electrons. The van der Waals surface area contributed by atoms with Crippen molar-refractivity contribution in [1.29, 1.82) is 0 Å². The van der Waals surface area contributed by atoms with Gasteiger partial charge in [0.05, 0.1) is 0 Å². The average Bonchev–Trinajstić information content (AvgIpc) is 2.40. The van der Waals surface area contributed by atoms with Gasteiger partial charge in [0.25, 0.3) is 0 Å². The summed E-state index contributed by atoms with van der Waals surface area (Å²) in [7, 11) is 0. The molecule has 0 bridgehead atoms. The van der Waals surface area contributed by atoms with Gasteiger partial charge < -0.3 is 5.73 Å². The molecule has 0 saturated heterocycles. The van der Waals surface area contributed by atoms with Crippen LogP contribution in [-0.4, -0.2) is 6.54 Å². The predicted molar refractivity (Wildman–Crippen MR) is 81.0 cm³/mol. The van der Waals surface area contributed by atoms with Crippen LogP contribution in [0.25, 0.3) is 6.08 Å². The topological polar surface area (TPSA) is 26.0 Å². The lowest BCUT2D eigenvalue weighted by Crippen LogP contribution is -1.93. The van der Waals surface area contributed by atoms with E-state index in [-0.39, 0.29) is 0 Å². The van der Waals surface area contributed by atoms with Gasteiger partial charge in [-0.25, -0.2) is 0 Å². The van der Waals surface area contributed by atoms with Crippen LogP contribution < -0.4 is 5.73 Å². The van der Waals surface area contributed by atoms with Crippen LogP contribution in [-0.2, 0) is 0 Å². The summed E-state index contributed by atoms with van der Waals surface area (Å²) in [6, 6.07) is 10.4. The SMILES string of the molecule is CC.CC(C)/C=C\c1ccccc1.CCCN. The van der Waals surface area contributed by atoms with E-state index in [4.69, 9.17) is 5.73 Å². The molecule has 98 valence electrons. The maximum Gasteiger partial charge on any atom is -0.00799 e. The minimum absolute atomic E-state index is 0.634. The molecule has 0 saturated carbocycles. The first-order chi connectivity index (χ1) is 8.20. The maximum atomic E-state index is 5.03. The number of rotatable bonds is 3. The summed E-state index contributed by atoms with van der Waals surface area (Å²) >= 11 is 0. The molecule has 0 unspecified atom stereocenters. The Balaban J connectivity index is 0. The summed E-state index contributed by atoms with van der Waals surface area (Å²) in [4.78, 5) is 0. The number of hydrogen-bond donors (Lipinski definition) is 1. The third-order valence-electron chi connectivity index (χ3n) is 1.76. The normalized spacial score (nSPS) is 9.35. The molecule has 0 heterocycles. The molecule has 0 atom stereocenters. The van der Waals surface area contributed by atoms with Crippen LogP contribution in [0.1, 0.15) is 46.6 Å². The third-order valence-corrected chi connectivity index (χ3v) is 1.76. The van der Waals surface area contributed by atoms with Crippen molar-refractivity contribution in [3.8, 4) is 0 Å².